The van der Waals surface area contributed by atoms with Crippen molar-refractivity contribution < 1.29 is 19.1 Å². The first-order chi connectivity index (χ1) is 10.6. The Morgan fingerprint density at radius 1 is 1.27 bits per heavy atom. The fourth-order valence-electron chi connectivity index (χ4n) is 2.21. The SMILES string of the molecule is COc1ccccc1NC(=O)C(=O)NCC1(OC)CCSC1. The minimum Gasteiger partial charge on any atom is -0.495 e. The summed E-state index contributed by atoms with van der Waals surface area (Å²) in [5, 5.41) is 5.19. The lowest BCUT2D eigenvalue weighted by molar-refractivity contribution is -0.136. The molecule has 1 heterocycles. The summed E-state index contributed by atoms with van der Waals surface area (Å²) in [5.41, 5.74) is 0.0911. The highest BCUT2D eigenvalue weighted by molar-refractivity contribution is 7.99. The number of carbonyl (C=O) groups excluding carboxylic acids is 2. The maximum Gasteiger partial charge on any atom is 0.313 e. The van der Waals surface area contributed by atoms with Crippen molar-refractivity contribution in [3.8, 4) is 5.75 Å². The number of carbonyl (C=O) groups is 2. The Kier molecular flexibility index (Phi) is 5.68. The Hall–Kier alpha value is -1.73. The van der Waals surface area contributed by atoms with Crippen molar-refractivity contribution in [3.63, 3.8) is 0 Å². The zero-order chi connectivity index (χ0) is 16.0. The summed E-state index contributed by atoms with van der Waals surface area (Å²) in [5.74, 6) is 0.916. The molecule has 0 saturated carbocycles. The molecule has 1 aliphatic heterocycles. The maximum atomic E-state index is 12.0. The molecular weight excluding hydrogens is 304 g/mol. The van der Waals surface area contributed by atoms with Crippen molar-refractivity contribution in [2.24, 2.45) is 0 Å². The molecule has 0 aliphatic carbocycles. The van der Waals surface area contributed by atoms with E-state index in [0.29, 0.717) is 18.0 Å². The standard InChI is InChI=1S/C15H20N2O4S/c1-20-12-6-4-3-5-11(12)17-14(19)13(18)16-9-15(21-2)7-8-22-10-15/h3-6H,7-10H2,1-2H3,(H,16,18)(H,17,19). The molecule has 1 atom stereocenters. The van der Waals surface area contributed by atoms with Crippen molar-refractivity contribution in [1.29, 1.82) is 0 Å². The van der Waals surface area contributed by atoms with Crippen molar-refractivity contribution in [2.45, 2.75) is 12.0 Å². The van der Waals surface area contributed by atoms with E-state index in [1.807, 2.05) is 0 Å². The number of amides is 2. The molecule has 0 spiro atoms. The van der Waals surface area contributed by atoms with Crippen LogP contribution in [0.15, 0.2) is 24.3 Å². The molecule has 0 bridgehead atoms. The molecule has 1 unspecified atom stereocenters. The molecule has 22 heavy (non-hydrogen) atoms. The van der Waals surface area contributed by atoms with Gasteiger partial charge in [0.05, 0.1) is 18.4 Å². The highest BCUT2D eigenvalue weighted by Crippen LogP contribution is 2.30. The minimum atomic E-state index is -0.721. The number of hydrogen-bond donors (Lipinski definition) is 2. The number of rotatable bonds is 5. The lowest BCUT2D eigenvalue weighted by Gasteiger charge is -2.26. The van der Waals surface area contributed by atoms with Crippen LogP contribution in [0, 0.1) is 0 Å². The van der Waals surface area contributed by atoms with E-state index in [9.17, 15) is 9.59 Å². The summed E-state index contributed by atoms with van der Waals surface area (Å²) in [6, 6.07) is 6.93. The van der Waals surface area contributed by atoms with Gasteiger partial charge in [0.2, 0.25) is 0 Å². The Morgan fingerprint density at radius 3 is 2.68 bits per heavy atom. The summed E-state index contributed by atoms with van der Waals surface area (Å²) >= 11 is 1.78. The third-order valence-electron chi connectivity index (χ3n) is 3.63. The second-order valence-corrected chi connectivity index (χ2v) is 6.13. The van der Waals surface area contributed by atoms with Gasteiger partial charge in [-0.3, -0.25) is 9.59 Å². The largest absolute Gasteiger partial charge is 0.495 e. The third-order valence-corrected chi connectivity index (χ3v) is 4.86. The number of benzene rings is 1. The second kappa shape index (κ2) is 7.51. The Labute approximate surface area is 133 Å². The maximum absolute atomic E-state index is 12.0. The Morgan fingerprint density at radius 2 is 2.05 bits per heavy atom. The zero-order valence-corrected chi connectivity index (χ0v) is 13.5. The van der Waals surface area contributed by atoms with Crippen LogP contribution in [0.3, 0.4) is 0 Å². The van der Waals surface area contributed by atoms with E-state index >= 15 is 0 Å². The average molecular weight is 324 g/mol. The van der Waals surface area contributed by atoms with Crippen molar-refractivity contribution in [3.05, 3.63) is 24.3 Å². The highest BCUT2D eigenvalue weighted by Gasteiger charge is 2.35. The quantitative estimate of drug-likeness (QED) is 0.798. The highest BCUT2D eigenvalue weighted by atomic mass is 32.2. The van der Waals surface area contributed by atoms with Crippen LogP contribution in [-0.2, 0) is 14.3 Å². The van der Waals surface area contributed by atoms with Crippen molar-refractivity contribution in [2.75, 3.05) is 37.6 Å². The lowest BCUT2D eigenvalue weighted by Crippen LogP contribution is -2.47. The van der Waals surface area contributed by atoms with Gasteiger partial charge >= 0.3 is 11.8 Å². The molecule has 1 aromatic carbocycles. The molecule has 2 amide bonds. The van der Waals surface area contributed by atoms with Crippen molar-refractivity contribution >= 4 is 29.3 Å². The van der Waals surface area contributed by atoms with Crippen LogP contribution in [0.2, 0.25) is 0 Å². The van der Waals surface area contributed by atoms with E-state index in [1.54, 1.807) is 43.1 Å². The first-order valence-corrected chi connectivity index (χ1v) is 8.11. The monoisotopic (exact) mass is 324 g/mol. The molecule has 7 heteroatoms. The molecule has 0 radical (unpaired) electrons. The number of ether oxygens (including phenoxy) is 2. The third kappa shape index (κ3) is 3.92. The summed E-state index contributed by atoms with van der Waals surface area (Å²) in [7, 11) is 3.14. The van der Waals surface area contributed by atoms with Gasteiger partial charge in [-0.25, -0.2) is 0 Å². The van der Waals surface area contributed by atoms with Gasteiger partial charge in [0.15, 0.2) is 0 Å². The van der Waals surface area contributed by atoms with Crippen LogP contribution >= 0.6 is 11.8 Å². The molecule has 1 saturated heterocycles. The fraction of sp³-hybridized carbons (Fsp3) is 0.467. The van der Waals surface area contributed by atoms with E-state index in [-0.39, 0.29) is 5.60 Å². The van der Waals surface area contributed by atoms with Crippen LogP contribution in [0.4, 0.5) is 5.69 Å². The predicted molar refractivity (Wildman–Crippen MR) is 86.3 cm³/mol. The van der Waals surface area contributed by atoms with Gasteiger partial charge in [0.25, 0.3) is 0 Å². The smallest absolute Gasteiger partial charge is 0.313 e. The summed E-state index contributed by atoms with van der Waals surface area (Å²) in [4.78, 5) is 23.9. The molecule has 1 aliphatic rings. The van der Waals surface area contributed by atoms with E-state index < -0.39 is 11.8 Å². The van der Waals surface area contributed by atoms with Gasteiger partial charge in [-0.1, -0.05) is 12.1 Å². The minimum absolute atomic E-state index is 0.328. The van der Waals surface area contributed by atoms with Crippen LogP contribution in [0.5, 0.6) is 5.75 Å². The molecule has 2 rings (SSSR count). The number of hydrogen-bond acceptors (Lipinski definition) is 5. The summed E-state index contributed by atoms with van der Waals surface area (Å²) in [6.07, 6.45) is 0.864. The van der Waals surface area contributed by atoms with E-state index in [0.717, 1.165) is 17.9 Å². The Bertz CT molecular complexity index is 544. The van der Waals surface area contributed by atoms with Crippen LogP contribution in [0.25, 0.3) is 0 Å². The topological polar surface area (TPSA) is 76.7 Å². The normalized spacial score (nSPS) is 20.5. The van der Waals surface area contributed by atoms with E-state index in [1.165, 1.54) is 7.11 Å². The number of para-hydroxylation sites is 2. The predicted octanol–water partition coefficient (Wildman–Crippen LogP) is 1.27. The van der Waals surface area contributed by atoms with Gasteiger partial charge in [-0.15, -0.1) is 0 Å². The zero-order valence-electron chi connectivity index (χ0n) is 12.7. The van der Waals surface area contributed by atoms with Gasteiger partial charge in [-0.2, -0.15) is 11.8 Å². The molecule has 6 nitrogen and oxygen atoms in total. The molecule has 2 N–H and O–H groups in total. The first kappa shape index (κ1) is 16.6. The Balaban J connectivity index is 1.91. The average Bonchev–Trinajstić information content (AvgIpc) is 3.02. The summed E-state index contributed by atoms with van der Waals surface area (Å²) < 4.78 is 10.6. The molecular formula is C15H20N2O4S. The van der Waals surface area contributed by atoms with Gasteiger partial charge in [0, 0.05) is 19.4 Å². The fourth-order valence-corrected chi connectivity index (χ4v) is 3.61. The van der Waals surface area contributed by atoms with Crippen LogP contribution < -0.4 is 15.4 Å². The van der Waals surface area contributed by atoms with E-state index in [2.05, 4.69) is 10.6 Å². The van der Waals surface area contributed by atoms with Crippen LogP contribution in [-0.4, -0.2) is 49.7 Å². The molecule has 0 aromatic heterocycles. The second-order valence-electron chi connectivity index (χ2n) is 5.03. The first-order valence-electron chi connectivity index (χ1n) is 6.95. The van der Waals surface area contributed by atoms with Crippen LogP contribution in [0.1, 0.15) is 6.42 Å². The molecule has 1 aromatic rings. The summed E-state index contributed by atoms with van der Waals surface area (Å²) in [6.45, 7) is 0.328. The van der Waals surface area contributed by atoms with Gasteiger partial charge in [-0.05, 0) is 24.3 Å². The van der Waals surface area contributed by atoms with E-state index in [4.69, 9.17) is 9.47 Å². The van der Waals surface area contributed by atoms with Gasteiger partial charge in [0.1, 0.15) is 5.75 Å². The lowest BCUT2D eigenvalue weighted by atomic mass is 10.0. The number of anilines is 1. The van der Waals surface area contributed by atoms with Crippen molar-refractivity contribution in [1.82, 2.24) is 5.32 Å². The molecule has 120 valence electrons. The number of nitrogens with one attached hydrogen (secondary N) is 2. The molecule has 1 fully saturated rings. The van der Waals surface area contributed by atoms with Gasteiger partial charge < -0.3 is 20.1 Å². The number of thioether (sulfide) groups is 1. The number of methoxy groups -OCH3 is 2.